The molecule has 2 rings (SSSR count). The minimum Gasteiger partial charge on any atom is -0.396 e. The van der Waals surface area contributed by atoms with Crippen molar-refractivity contribution in [1.82, 2.24) is 0 Å². The summed E-state index contributed by atoms with van der Waals surface area (Å²) in [6, 6.07) is 0. The molecule has 2 aliphatic carbocycles. The average molecular weight is 216 g/mol. The van der Waals surface area contributed by atoms with Gasteiger partial charge in [-0.2, -0.15) is 0 Å². The van der Waals surface area contributed by atoms with Crippen molar-refractivity contribution in [2.45, 2.75) is 31.5 Å². The van der Waals surface area contributed by atoms with Gasteiger partial charge in [-0.15, -0.1) is 0 Å². The van der Waals surface area contributed by atoms with Crippen molar-refractivity contribution < 1.29 is 19.7 Å². The van der Waals surface area contributed by atoms with Crippen LogP contribution in [0.2, 0.25) is 0 Å². The highest BCUT2D eigenvalue weighted by molar-refractivity contribution is 4.96. The summed E-state index contributed by atoms with van der Waals surface area (Å²) in [6.07, 6.45) is 2.65. The molecular weight excluding hydrogens is 196 g/mol. The Morgan fingerprint density at radius 2 is 2.00 bits per heavy atom. The van der Waals surface area contributed by atoms with Gasteiger partial charge in [0.15, 0.2) is 0 Å². The van der Waals surface area contributed by atoms with E-state index in [0.29, 0.717) is 18.6 Å². The average Bonchev–Trinajstić information content (AvgIpc) is 2.54. The molecule has 2 fully saturated rings. The molecule has 0 unspecified atom stereocenters. The summed E-state index contributed by atoms with van der Waals surface area (Å²) in [4.78, 5) is 0. The van der Waals surface area contributed by atoms with Crippen molar-refractivity contribution in [1.29, 1.82) is 0 Å². The van der Waals surface area contributed by atoms with E-state index in [1.165, 1.54) is 0 Å². The van der Waals surface area contributed by atoms with E-state index in [1.54, 1.807) is 7.11 Å². The van der Waals surface area contributed by atoms with Crippen LogP contribution in [0.5, 0.6) is 0 Å². The van der Waals surface area contributed by atoms with Gasteiger partial charge >= 0.3 is 0 Å². The van der Waals surface area contributed by atoms with Crippen molar-refractivity contribution in [2.75, 3.05) is 20.5 Å². The quantitative estimate of drug-likeness (QED) is 0.667. The molecule has 0 aromatic heterocycles. The van der Waals surface area contributed by atoms with Crippen LogP contribution in [0.3, 0.4) is 0 Å². The number of rotatable bonds is 4. The van der Waals surface area contributed by atoms with Crippen LogP contribution in [0.25, 0.3) is 0 Å². The SMILES string of the molecule is COCO[C@@H]1C[C@H]2C[C@@H]1C[C@H](O)[C@H]2CO. The van der Waals surface area contributed by atoms with Crippen molar-refractivity contribution in [3.63, 3.8) is 0 Å². The lowest BCUT2D eigenvalue weighted by Gasteiger charge is -2.32. The Kier molecular flexibility index (Phi) is 3.61. The number of fused-ring (bicyclic) bond motifs is 2. The number of hydrogen-bond donors (Lipinski definition) is 2. The fourth-order valence-electron chi connectivity index (χ4n) is 3.15. The molecule has 2 N–H and O–H groups in total. The summed E-state index contributed by atoms with van der Waals surface area (Å²) in [7, 11) is 1.62. The first-order valence-electron chi connectivity index (χ1n) is 5.65. The van der Waals surface area contributed by atoms with Crippen LogP contribution in [0, 0.1) is 17.8 Å². The third-order valence-corrected chi connectivity index (χ3v) is 3.92. The lowest BCUT2D eigenvalue weighted by Crippen LogP contribution is -2.35. The van der Waals surface area contributed by atoms with E-state index in [9.17, 15) is 10.2 Å². The number of methoxy groups -OCH3 is 1. The zero-order chi connectivity index (χ0) is 10.8. The molecule has 4 heteroatoms. The van der Waals surface area contributed by atoms with E-state index in [-0.39, 0.29) is 24.7 Å². The maximum Gasteiger partial charge on any atom is 0.146 e. The normalized spacial score (nSPS) is 44.6. The molecule has 0 heterocycles. The van der Waals surface area contributed by atoms with Crippen molar-refractivity contribution in [3.05, 3.63) is 0 Å². The predicted molar refractivity (Wildman–Crippen MR) is 54.2 cm³/mol. The summed E-state index contributed by atoms with van der Waals surface area (Å²) in [5.74, 6) is 0.922. The molecule has 0 amide bonds. The van der Waals surface area contributed by atoms with Crippen LogP contribution >= 0.6 is 0 Å². The van der Waals surface area contributed by atoms with Gasteiger partial charge in [-0.3, -0.25) is 0 Å². The lowest BCUT2D eigenvalue weighted by atomic mass is 9.78. The first-order valence-corrected chi connectivity index (χ1v) is 5.65. The van der Waals surface area contributed by atoms with E-state index < -0.39 is 0 Å². The lowest BCUT2D eigenvalue weighted by molar-refractivity contribution is -0.0872. The van der Waals surface area contributed by atoms with Crippen LogP contribution in [0.1, 0.15) is 19.3 Å². The Bertz CT molecular complexity index is 209. The molecule has 0 aliphatic heterocycles. The van der Waals surface area contributed by atoms with Gasteiger partial charge in [0, 0.05) is 19.6 Å². The minimum atomic E-state index is -0.352. The van der Waals surface area contributed by atoms with Crippen molar-refractivity contribution in [2.24, 2.45) is 17.8 Å². The van der Waals surface area contributed by atoms with E-state index in [1.807, 2.05) is 0 Å². The van der Waals surface area contributed by atoms with Crippen molar-refractivity contribution >= 4 is 0 Å². The Balaban J connectivity index is 1.94. The number of hydrogen-bond acceptors (Lipinski definition) is 4. The second-order valence-corrected chi connectivity index (χ2v) is 4.75. The highest BCUT2D eigenvalue weighted by atomic mass is 16.7. The van der Waals surface area contributed by atoms with Crippen LogP contribution in [-0.2, 0) is 9.47 Å². The molecule has 0 aromatic rings. The maximum atomic E-state index is 9.85. The number of ether oxygens (including phenoxy) is 2. The molecule has 0 spiro atoms. The molecule has 0 aromatic carbocycles. The first-order chi connectivity index (χ1) is 7.26. The summed E-state index contributed by atoms with van der Waals surface area (Å²) >= 11 is 0. The third-order valence-electron chi connectivity index (χ3n) is 3.92. The molecule has 4 nitrogen and oxygen atoms in total. The molecular formula is C11H20O4. The Morgan fingerprint density at radius 3 is 2.67 bits per heavy atom. The molecule has 0 saturated heterocycles. The van der Waals surface area contributed by atoms with Gasteiger partial charge in [-0.05, 0) is 31.1 Å². The van der Waals surface area contributed by atoms with E-state index in [0.717, 1.165) is 19.3 Å². The van der Waals surface area contributed by atoms with Gasteiger partial charge in [-0.1, -0.05) is 0 Å². The van der Waals surface area contributed by atoms with E-state index in [4.69, 9.17) is 9.47 Å². The van der Waals surface area contributed by atoms with Gasteiger partial charge in [0.1, 0.15) is 6.79 Å². The van der Waals surface area contributed by atoms with Gasteiger partial charge in [-0.25, -0.2) is 0 Å². The molecule has 15 heavy (non-hydrogen) atoms. The first kappa shape index (κ1) is 11.3. The monoisotopic (exact) mass is 216 g/mol. The van der Waals surface area contributed by atoms with Crippen molar-refractivity contribution in [3.8, 4) is 0 Å². The molecule has 2 aliphatic rings. The number of aliphatic hydroxyl groups excluding tert-OH is 2. The Morgan fingerprint density at radius 1 is 1.20 bits per heavy atom. The molecule has 5 atom stereocenters. The zero-order valence-corrected chi connectivity index (χ0v) is 9.13. The standard InChI is InChI=1S/C11H20O4/c1-14-6-15-11-4-7-2-8(11)3-10(13)9(7)5-12/h7-13H,2-6H2,1H3/t7-,8-,9+,10+,11-/m1/s1. The largest absolute Gasteiger partial charge is 0.396 e. The Hall–Kier alpha value is -0.160. The fraction of sp³-hybridized carbons (Fsp3) is 1.00. The second kappa shape index (κ2) is 4.78. The molecule has 2 saturated carbocycles. The Labute approximate surface area is 90.2 Å². The van der Waals surface area contributed by atoms with Gasteiger partial charge in [0.25, 0.3) is 0 Å². The molecule has 88 valence electrons. The topological polar surface area (TPSA) is 58.9 Å². The van der Waals surface area contributed by atoms with Crippen LogP contribution < -0.4 is 0 Å². The summed E-state index contributed by atoms with van der Waals surface area (Å²) in [5, 5.41) is 19.1. The predicted octanol–water partition coefficient (Wildman–Crippen LogP) is 0.375. The van der Waals surface area contributed by atoms with Crippen LogP contribution in [0.15, 0.2) is 0 Å². The second-order valence-electron chi connectivity index (χ2n) is 4.75. The molecule has 0 radical (unpaired) electrons. The van der Waals surface area contributed by atoms with E-state index >= 15 is 0 Å². The van der Waals surface area contributed by atoms with Gasteiger partial charge in [0.2, 0.25) is 0 Å². The highest BCUT2D eigenvalue weighted by Crippen LogP contribution is 2.46. The fourth-order valence-corrected chi connectivity index (χ4v) is 3.15. The summed E-state index contributed by atoms with van der Waals surface area (Å²) in [6.45, 7) is 0.420. The summed E-state index contributed by atoms with van der Waals surface area (Å²) in [5.41, 5.74) is 0. The van der Waals surface area contributed by atoms with Gasteiger partial charge in [0.05, 0.1) is 12.2 Å². The zero-order valence-electron chi connectivity index (χ0n) is 9.13. The summed E-state index contributed by atoms with van der Waals surface area (Å²) < 4.78 is 10.5. The third kappa shape index (κ3) is 2.18. The van der Waals surface area contributed by atoms with Crippen LogP contribution in [-0.4, -0.2) is 42.9 Å². The van der Waals surface area contributed by atoms with E-state index in [2.05, 4.69) is 0 Å². The highest BCUT2D eigenvalue weighted by Gasteiger charge is 2.46. The molecule has 2 bridgehead atoms. The van der Waals surface area contributed by atoms with Crippen LogP contribution in [0.4, 0.5) is 0 Å². The smallest absolute Gasteiger partial charge is 0.146 e. The maximum absolute atomic E-state index is 9.85. The minimum absolute atomic E-state index is 0.0531. The number of aliphatic hydroxyl groups is 2. The van der Waals surface area contributed by atoms with Gasteiger partial charge < -0.3 is 19.7 Å².